The van der Waals surface area contributed by atoms with Crippen LogP contribution in [0.1, 0.15) is 30.7 Å². The zero-order valence-electron chi connectivity index (χ0n) is 14.7. The Balaban J connectivity index is 1.28. The first-order valence-corrected chi connectivity index (χ1v) is 9.08. The molecular weight excluding hydrogens is 324 g/mol. The number of carbonyl (C=O) groups is 1. The maximum absolute atomic E-state index is 12.2. The molecule has 0 saturated heterocycles. The smallest absolute Gasteiger partial charge is 0.220 e. The number of aryl methyl sites for hydroxylation is 1. The van der Waals surface area contributed by atoms with Gasteiger partial charge in [-0.15, -0.1) is 0 Å². The molecule has 0 unspecified atom stereocenters. The molecule has 0 aliphatic heterocycles. The van der Waals surface area contributed by atoms with E-state index in [1.165, 1.54) is 5.56 Å². The summed E-state index contributed by atoms with van der Waals surface area (Å²) < 4.78 is 5.76. The molecule has 1 heterocycles. The molecule has 4 nitrogen and oxygen atoms in total. The number of aromatic nitrogens is 1. The summed E-state index contributed by atoms with van der Waals surface area (Å²) in [6, 6.07) is 20.3. The molecular formula is C22H22N2O2. The van der Waals surface area contributed by atoms with Crippen molar-refractivity contribution in [2.45, 2.75) is 31.1 Å². The number of benzene rings is 2. The predicted octanol–water partition coefficient (Wildman–Crippen LogP) is 4.12. The molecule has 1 aliphatic rings. The van der Waals surface area contributed by atoms with E-state index in [0.29, 0.717) is 25.3 Å². The fourth-order valence-electron chi connectivity index (χ4n) is 3.25. The van der Waals surface area contributed by atoms with Crippen molar-refractivity contribution in [1.82, 2.24) is 10.3 Å². The van der Waals surface area contributed by atoms with Crippen molar-refractivity contribution in [2.75, 3.05) is 6.54 Å². The summed E-state index contributed by atoms with van der Waals surface area (Å²) in [5.74, 6) is 1.39. The molecule has 1 saturated carbocycles. The first-order chi connectivity index (χ1) is 12.8. The number of hydrogen-bond acceptors (Lipinski definition) is 3. The molecule has 4 heteroatoms. The molecule has 0 bridgehead atoms. The molecule has 1 aliphatic carbocycles. The number of rotatable bonds is 7. The molecule has 26 heavy (non-hydrogen) atoms. The molecule has 4 rings (SSSR count). The van der Waals surface area contributed by atoms with E-state index >= 15 is 0 Å². The first-order valence-electron chi connectivity index (χ1n) is 9.08. The Bertz CT molecular complexity index is 867. The Labute approximate surface area is 153 Å². The highest BCUT2D eigenvalue weighted by Crippen LogP contribution is 2.47. The van der Waals surface area contributed by atoms with Gasteiger partial charge in [0.1, 0.15) is 0 Å². The molecule has 1 N–H and O–H groups in total. The molecule has 0 radical (unpaired) electrons. The van der Waals surface area contributed by atoms with Crippen LogP contribution in [0, 0.1) is 0 Å². The Kier molecular flexibility index (Phi) is 4.57. The standard InChI is InChI=1S/C22H22N2O2/c25-20(24-16-22(13-14-22)18-9-5-2-6-10-18)11-12-21-23-15-19(26-21)17-7-3-1-4-8-17/h1-10,15H,11-14,16H2,(H,24,25). The number of nitrogens with zero attached hydrogens (tertiary/aromatic N) is 1. The minimum Gasteiger partial charge on any atom is -0.441 e. The Morgan fingerprint density at radius 1 is 1.04 bits per heavy atom. The second kappa shape index (κ2) is 7.16. The Hall–Kier alpha value is -2.88. The summed E-state index contributed by atoms with van der Waals surface area (Å²) in [5.41, 5.74) is 2.45. The number of oxazole rings is 1. The topological polar surface area (TPSA) is 55.1 Å². The van der Waals surface area contributed by atoms with Crippen LogP contribution in [0.2, 0.25) is 0 Å². The third-order valence-corrected chi connectivity index (χ3v) is 5.04. The van der Waals surface area contributed by atoms with Gasteiger partial charge in [-0.2, -0.15) is 0 Å². The van der Waals surface area contributed by atoms with Gasteiger partial charge in [0.15, 0.2) is 11.7 Å². The lowest BCUT2D eigenvalue weighted by molar-refractivity contribution is -0.121. The lowest BCUT2D eigenvalue weighted by Gasteiger charge is -2.16. The third-order valence-electron chi connectivity index (χ3n) is 5.04. The highest BCUT2D eigenvalue weighted by atomic mass is 16.4. The van der Waals surface area contributed by atoms with Gasteiger partial charge in [0, 0.05) is 30.4 Å². The lowest BCUT2D eigenvalue weighted by atomic mass is 9.96. The van der Waals surface area contributed by atoms with Gasteiger partial charge in [-0.3, -0.25) is 4.79 Å². The van der Waals surface area contributed by atoms with E-state index < -0.39 is 0 Å². The van der Waals surface area contributed by atoms with Crippen molar-refractivity contribution in [2.24, 2.45) is 0 Å². The third kappa shape index (κ3) is 3.69. The van der Waals surface area contributed by atoms with Crippen molar-refractivity contribution in [3.8, 4) is 11.3 Å². The zero-order valence-corrected chi connectivity index (χ0v) is 14.7. The van der Waals surface area contributed by atoms with E-state index in [2.05, 4.69) is 34.6 Å². The van der Waals surface area contributed by atoms with Crippen LogP contribution in [0.15, 0.2) is 71.3 Å². The van der Waals surface area contributed by atoms with E-state index in [0.717, 1.165) is 24.2 Å². The largest absolute Gasteiger partial charge is 0.441 e. The van der Waals surface area contributed by atoms with Crippen LogP contribution in [0.4, 0.5) is 0 Å². The predicted molar refractivity (Wildman–Crippen MR) is 101 cm³/mol. The molecule has 1 fully saturated rings. The Morgan fingerprint density at radius 3 is 2.42 bits per heavy atom. The zero-order chi connectivity index (χ0) is 17.8. The summed E-state index contributed by atoms with van der Waals surface area (Å²) >= 11 is 0. The fourth-order valence-corrected chi connectivity index (χ4v) is 3.25. The molecule has 2 aromatic carbocycles. The molecule has 1 aromatic heterocycles. The molecule has 0 atom stereocenters. The molecule has 0 spiro atoms. The van der Waals surface area contributed by atoms with E-state index in [1.54, 1.807) is 6.20 Å². The summed E-state index contributed by atoms with van der Waals surface area (Å²) in [6.45, 7) is 0.705. The van der Waals surface area contributed by atoms with Gasteiger partial charge in [-0.05, 0) is 18.4 Å². The summed E-state index contributed by atoms with van der Waals surface area (Å²) in [7, 11) is 0. The van der Waals surface area contributed by atoms with E-state index in [1.807, 2.05) is 36.4 Å². The van der Waals surface area contributed by atoms with Gasteiger partial charge in [-0.1, -0.05) is 60.7 Å². The van der Waals surface area contributed by atoms with Crippen LogP contribution in [0.25, 0.3) is 11.3 Å². The quantitative estimate of drug-likeness (QED) is 0.700. The summed E-state index contributed by atoms with van der Waals surface area (Å²) in [5, 5.41) is 3.08. The number of nitrogens with one attached hydrogen (secondary N) is 1. The normalized spacial score (nSPS) is 14.8. The van der Waals surface area contributed by atoms with Gasteiger partial charge >= 0.3 is 0 Å². The average molecular weight is 346 g/mol. The van der Waals surface area contributed by atoms with E-state index in [-0.39, 0.29) is 11.3 Å². The number of carbonyl (C=O) groups excluding carboxylic acids is 1. The maximum Gasteiger partial charge on any atom is 0.220 e. The van der Waals surface area contributed by atoms with Gasteiger partial charge < -0.3 is 9.73 Å². The van der Waals surface area contributed by atoms with Crippen molar-refractivity contribution in [3.63, 3.8) is 0 Å². The second-order valence-corrected chi connectivity index (χ2v) is 6.91. The van der Waals surface area contributed by atoms with Crippen LogP contribution < -0.4 is 5.32 Å². The van der Waals surface area contributed by atoms with Gasteiger partial charge in [0.05, 0.1) is 6.20 Å². The monoisotopic (exact) mass is 346 g/mol. The maximum atomic E-state index is 12.2. The SMILES string of the molecule is O=C(CCc1ncc(-c2ccccc2)o1)NCC1(c2ccccc2)CC1. The highest BCUT2D eigenvalue weighted by molar-refractivity contribution is 5.76. The van der Waals surface area contributed by atoms with Crippen molar-refractivity contribution >= 4 is 5.91 Å². The minimum absolute atomic E-state index is 0.0478. The van der Waals surface area contributed by atoms with Gasteiger partial charge in [-0.25, -0.2) is 4.98 Å². The van der Waals surface area contributed by atoms with E-state index in [9.17, 15) is 4.79 Å². The summed E-state index contributed by atoms with van der Waals surface area (Å²) in [6.07, 6.45) is 4.89. The number of amides is 1. The van der Waals surface area contributed by atoms with Crippen LogP contribution in [-0.4, -0.2) is 17.4 Å². The van der Waals surface area contributed by atoms with Crippen molar-refractivity contribution in [1.29, 1.82) is 0 Å². The molecule has 3 aromatic rings. The van der Waals surface area contributed by atoms with Crippen LogP contribution >= 0.6 is 0 Å². The minimum atomic E-state index is 0.0478. The fraction of sp³-hybridized carbons (Fsp3) is 0.273. The van der Waals surface area contributed by atoms with Crippen LogP contribution in [0.5, 0.6) is 0 Å². The van der Waals surface area contributed by atoms with Crippen LogP contribution in [-0.2, 0) is 16.6 Å². The summed E-state index contributed by atoms with van der Waals surface area (Å²) in [4.78, 5) is 16.5. The van der Waals surface area contributed by atoms with E-state index in [4.69, 9.17) is 4.42 Å². The first kappa shape index (κ1) is 16.6. The number of hydrogen-bond donors (Lipinski definition) is 1. The molecule has 1 amide bonds. The van der Waals surface area contributed by atoms with Gasteiger partial charge in [0.2, 0.25) is 5.91 Å². The van der Waals surface area contributed by atoms with Gasteiger partial charge in [0.25, 0.3) is 0 Å². The Morgan fingerprint density at radius 2 is 1.73 bits per heavy atom. The van der Waals surface area contributed by atoms with Crippen molar-refractivity contribution in [3.05, 3.63) is 78.3 Å². The van der Waals surface area contributed by atoms with Crippen molar-refractivity contribution < 1.29 is 9.21 Å². The van der Waals surface area contributed by atoms with Crippen LogP contribution in [0.3, 0.4) is 0 Å². The molecule has 132 valence electrons. The second-order valence-electron chi connectivity index (χ2n) is 6.91. The average Bonchev–Trinajstić information content (AvgIpc) is 3.35. The lowest BCUT2D eigenvalue weighted by Crippen LogP contribution is -2.32. The highest BCUT2D eigenvalue weighted by Gasteiger charge is 2.44.